The number of thiophene rings is 1. The van der Waals surface area contributed by atoms with Gasteiger partial charge in [0.15, 0.2) is 22.4 Å². The normalized spacial score (nSPS) is 13.0. The Bertz CT molecular complexity index is 1470. The quantitative estimate of drug-likeness (QED) is 0.184. The Balaban J connectivity index is 1.55. The fraction of sp³-hybridized carbons (Fsp3) is 0.296. The number of benzene rings is 2. The maximum atomic E-state index is 13.8. The minimum Gasteiger partial charge on any atom is -0.493 e. The van der Waals surface area contributed by atoms with Crippen LogP contribution in [0.2, 0.25) is 0 Å². The average Bonchev–Trinajstić information content (AvgIpc) is 3.26. The standard InChI is InChI=1S/C27H26N2O4S2/c1-16-8-11-18(12-9-16)29-26(31)24-19-6-4-5-7-23(19)35-25(24)28-27(29)34-15-20(30)17-10-13-21(32-2)22(14-17)33-3/h8-14H,4-7,15H2,1-3H3. The first kappa shape index (κ1) is 23.6. The van der Waals surface area contributed by atoms with E-state index in [0.717, 1.165) is 52.7 Å². The molecule has 1 aliphatic rings. The molecule has 1 aliphatic carbocycles. The third-order valence-corrected chi connectivity index (χ3v) is 8.41. The molecule has 0 saturated heterocycles. The van der Waals surface area contributed by atoms with Gasteiger partial charge in [0.25, 0.3) is 5.56 Å². The van der Waals surface area contributed by atoms with Gasteiger partial charge in [-0.05, 0) is 68.5 Å². The van der Waals surface area contributed by atoms with Crippen LogP contribution in [0, 0.1) is 6.92 Å². The monoisotopic (exact) mass is 506 g/mol. The fourth-order valence-electron chi connectivity index (χ4n) is 4.43. The molecule has 8 heteroatoms. The van der Waals surface area contributed by atoms with E-state index in [1.165, 1.54) is 16.6 Å². The molecule has 6 nitrogen and oxygen atoms in total. The predicted molar refractivity (Wildman–Crippen MR) is 141 cm³/mol. The number of rotatable bonds is 7. The second kappa shape index (κ2) is 9.87. The first-order valence-corrected chi connectivity index (χ1v) is 13.3. The number of hydrogen-bond acceptors (Lipinski definition) is 7. The highest BCUT2D eigenvalue weighted by Crippen LogP contribution is 2.35. The number of nitrogens with zero attached hydrogens (tertiary/aromatic N) is 2. The molecule has 0 N–H and O–H groups in total. The van der Waals surface area contributed by atoms with E-state index in [4.69, 9.17) is 14.5 Å². The zero-order valence-corrected chi connectivity index (χ0v) is 21.6. The first-order chi connectivity index (χ1) is 17.0. The van der Waals surface area contributed by atoms with Crippen molar-refractivity contribution in [3.05, 3.63) is 74.4 Å². The highest BCUT2D eigenvalue weighted by atomic mass is 32.2. The van der Waals surface area contributed by atoms with E-state index in [1.54, 1.807) is 48.3 Å². The maximum absolute atomic E-state index is 13.8. The lowest BCUT2D eigenvalue weighted by Gasteiger charge is -2.14. The Morgan fingerprint density at radius 3 is 2.54 bits per heavy atom. The van der Waals surface area contributed by atoms with E-state index >= 15 is 0 Å². The summed E-state index contributed by atoms with van der Waals surface area (Å²) in [5.74, 6) is 1.14. The largest absolute Gasteiger partial charge is 0.493 e. The molecule has 0 bridgehead atoms. The average molecular weight is 507 g/mol. The number of carbonyl (C=O) groups is 1. The van der Waals surface area contributed by atoms with Gasteiger partial charge in [-0.15, -0.1) is 11.3 Å². The number of aryl methyl sites for hydroxylation is 3. The van der Waals surface area contributed by atoms with Crippen LogP contribution in [0.3, 0.4) is 0 Å². The Morgan fingerprint density at radius 1 is 1.06 bits per heavy atom. The second-order valence-electron chi connectivity index (χ2n) is 8.54. The number of fused-ring (bicyclic) bond motifs is 3. The summed E-state index contributed by atoms with van der Waals surface area (Å²) in [6.45, 7) is 2.01. The highest BCUT2D eigenvalue weighted by molar-refractivity contribution is 7.99. The van der Waals surface area contributed by atoms with E-state index in [1.807, 2.05) is 31.2 Å². The van der Waals surface area contributed by atoms with Gasteiger partial charge in [0.05, 0.1) is 31.0 Å². The highest BCUT2D eigenvalue weighted by Gasteiger charge is 2.23. The van der Waals surface area contributed by atoms with Crippen LogP contribution in [0.1, 0.15) is 39.2 Å². The second-order valence-corrected chi connectivity index (χ2v) is 10.6. The third kappa shape index (κ3) is 4.48. The van der Waals surface area contributed by atoms with Gasteiger partial charge < -0.3 is 9.47 Å². The van der Waals surface area contributed by atoms with Crippen LogP contribution in [0.4, 0.5) is 0 Å². The molecule has 2 heterocycles. The van der Waals surface area contributed by atoms with Gasteiger partial charge in [-0.1, -0.05) is 29.5 Å². The summed E-state index contributed by atoms with van der Waals surface area (Å²) in [5, 5.41) is 1.26. The molecule has 0 amide bonds. The van der Waals surface area contributed by atoms with Gasteiger partial charge >= 0.3 is 0 Å². The molecule has 0 saturated carbocycles. The first-order valence-electron chi connectivity index (χ1n) is 11.5. The summed E-state index contributed by atoms with van der Waals surface area (Å²) in [5.41, 5.74) is 3.49. The summed E-state index contributed by atoms with van der Waals surface area (Å²) in [6.07, 6.45) is 4.16. The molecule has 4 aromatic rings. The van der Waals surface area contributed by atoms with Crippen LogP contribution in [-0.2, 0) is 12.8 Å². The number of Topliss-reactive ketones (excluding diaryl/α,β-unsaturated/α-hetero) is 1. The molecule has 0 radical (unpaired) electrons. The van der Waals surface area contributed by atoms with Gasteiger partial charge in [0.2, 0.25) is 0 Å². The molecular formula is C27H26N2O4S2. The molecule has 35 heavy (non-hydrogen) atoms. The lowest BCUT2D eigenvalue weighted by molar-refractivity contribution is 0.102. The molecule has 0 aliphatic heterocycles. The Hall–Kier alpha value is -3.10. The minimum absolute atomic E-state index is 0.0562. The van der Waals surface area contributed by atoms with Crippen molar-refractivity contribution in [1.29, 1.82) is 0 Å². The van der Waals surface area contributed by atoms with Gasteiger partial charge in [0.1, 0.15) is 4.83 Å². The topological polar surface area (TPSA) is 70.4 Å². The van der Waals surface area contributed by atoms with E-state index < -0.39 is 0 Å². The molecule has 0 spiro atoms. The number of ether oxygens (including phenoxy) is 2. The zero-order valence-electron chi connectivity index (χ0n) is 19.9. The number of aromatic nitrogens is 2. The molecule has 5 rings (SSSR count). The smallest absolute Gasteiger partial charge is 0.267 e. The van der Waals surface area contributed by atoms with Crippen molar-refractivity contribution in [2.45, 2.75) is 37.8 Å². The van der Waals surface area contributed by atoms with Crippen molar-refractivity contribution in [2.75, 3.05) is 20.0 Å². The molecule has 2 aromatic carbocycles. The van der Waals surface area contributed by atoms with E-state index in [-0.39, 0.29) is 17.1 Å². The van der Waals surface area contributed by atoms with Gasteiger partial charge in [-0.3, -0.25) is 14.2 Å². The van der Waals surface area contributed by atoms with Crippen molar-refractivity contribution in [1.82, 2.24) is 9.55 Å². The molecule has 0 fully saturated rings. The van der Waals surface area contributed by atoms with Crippen LogP contribution in [-0.4, -0.2) is 35.3 Å². The van der Waals surface area contributed by atoms with Crippen molar-refractivity contribution in [2.24, 2.45) is 0 Å². The SMILES string of the molecule is COc1ccc(C(=O)CSc2nc3sc4c(c3c(=O)n2-c2ccc(C)cc2)CCCC4)cc1OC. The Labute approximate surface area is 211 Å². The van der Waals surface area contributed by atoms with Gasteiger partial charge in [0, 0.05) is 10.4 Å². The third-order valence-electron chi connectivity index (χ3n) is 6.29. The molecular weight excluding hydrogens is 480 g/mol. The number of hydrogen-bond donors (Lipinski definition) is 0. The summed E-state index contributed by atoms with van der Waals surface area (Å²) >= 11 is 2.91. The van der Waals surface area contributed by atoms with Crippen LogP contribution in [0.25, 0.3) is 15.9 Å². The van der Waals surface area contributed by atoms with Crippen LogP contribution in [0.15, 0.2) is 52.4 Å². The predicted octanol–water partition coefficient (Wildman–Crippen LogP) is 5.63. The lowest BCUT2D eigenvalue weighted by Crippen LogP contribution is -2.22. The Kier molecular flexibility index (Phi) is 6.67. The van der Waals surface area contributed by atoms with Crippen molar-refractivity contribution in [3.8, 4) is 17.2 Å². The molecule has 2 aromatic heterocycles. The van der Waals surface area contributed by atoms with Gasteiger partial charge in [-0.2, -0.15) is 0 Å². The zero-order chi connectivity index (χ0) is 24.5. The van der Waals surface area contributed by atoms with Crippen LogP contribution < -0.4 is 15.0 Å². The van der Waals surface area contributed by atoms with Crippen LogP contribution >= 0.6 is 23.1 Å². The summed E-state index contributed by atoms with van der Waals surface area (Å²) in [6, 6.07) is 13.0. The van der Waals surface area contributed by atoms with Gasteiger partial charge in [-0.25, -0.2) is 4.98 Å². The molecule has 180 valence electrons. The van der Waals surface area contributed by atoms with E-state index in [0.29, 0.717) is 22.2 Å². The number of carbonyl (C=O) groups excluding carboxylic acids is 1. The minimum atomic E-state index is -0.0776. The number of thioether (sulfide) groups is 1. The Morgan fingerprint density at radius 2 is 1.80 bits per heavy atom. The van der Waals surface area contributed by atoms with Crippen molar-refractivity contribution in [3.63, 3.8) is 0 Å². The summed E-state index contributed by atoms with van der Waals surface area (Å²) in [4.78, 5) is 33.9. The van der Waals surface area contributed by atoms with Crippen molar-refractivity contribution < 1.29 is 14.3 Å². The maximum Gasteiger partial charge on any atom is 0.267 e. The summed E-state index contributed by atoms with van der Waals surface area (Å²) in [7, 11) is 3.10. The number of methoxy groups -OCH3 is 2. The lowest BCUT2D eigenvalue weighted by atomic mass is 9.97. The summed E-state index contributed by atoms with van der Waals surface area (Å²) < 4.78 is 12.3. The van der Waals surface area contributed by atoms with Crippen molar-refractivity contribution >= 4 is 39.1 Å². The molecule has 0 atom stereocenters. The van der Waals surface area contributed by atoms with E-state index in [9.17, 15) is 9.59 Å². The molecule has 0 unspecified atom stereocenters. The fourth-order valence-corrected chi connectivity index (χ4v) is 6.64. The van der Waals surface area contributed by atoms with E-state index in [2.05, 4.69) is 0 Å². The van der Waals surface area contributed by atoms with Crippen LogP contribution in [0.5, 0.6) is 11.5 Å². The number of ketones is 1.